The molecule has 0 radical (unpaired) electrons. The molecule has 88 valence electrons. The summed E-state index contributed by atoms with van der Waals surface area (Å²) in [6, 6.07) is 8.92. The summed E-state index contributed by atoms with van der Waals surface area (Å²) in [4.78, 5) is 0. The normalized spacial score (nSPS) is 19.1. The van der Waals surface area contributed by atoms with Crippen molar-refractivity contribution in [2.24, 2.45) is 0 Å². The van der Waals surface area contributed by atoms with E-state index < -0.39 is 0 Å². The van der Waals surface area contributed by atoms with Crippen LogP contribution in [0.3, 0.4) is 0 Å². The van der Waals surface area contributed by atoms with Crippen LogP contribution in [-0.2, 0) is 0 Å². The van der Waals surface area contributed by atoms with Gasteiger partial charge in [-0.25, -0.2) is 0 Å². The Labute approximate surface area is 107 Å². The second-order valence-corrected chi connectivity index (χ2v) is 3.79. The zero-order valence-corrected chi connectivity index (χ0v) is 10.4. The first-order valence-corrected chi connectivity index (χ1v) is 5.08. The number of benzene rings is 1. The summed E-state index contributed by atoms with van der Waals surface area (Å²) in [7, 11) is 0. The van der Waals surface area contributed by atoms with Gasteiger partial charge >= 0.3 is 0 Å². The second-order valence-electron chi connectivity index (χ2n) is 3.79. The molecular formula is C11H15Cl2N3. The first-order chi connectivity index (χ1) is 6.95. The van der Waals surface area contributed by atoms with Crippen molar-refractivity contribution in [3.05, 3.63) is 30.5 Å². The van der Waals surface area contributed by atoms with Crippen LogP contribution >= 0.6 is 24.8 Å². The third-order valence-corrected chi connectivity index (χ3v) is 2.88. The van der Waals surface area contributed by atoms with Gasteiger partial charge in [0.05, 0.1) is 17.8 Å². The van der Waals surface area contributed by atoms with Crippen LogP contribution in [0.5, 0.6) is 0 Å². The van der Waals surface area contributed by atoms with Crippen molar-refractivity contribution >= 4 is 35.7 Å². The first kappa shape index (κ1) is 13.3. The van der Waals surface area contributed by atoms with E-state index in [-0.39, 0.29) is 24.8 Å². The van der Waals surface area contributed by atoms with E-state index in [9.17, 15) is 0 Å². The summed E-state index contributed by atoms with van der Waals surface area (Å²) in [6.07, 6.45) is 3.14. The lowest BCUT2D eigenvalue weighted by molar-refractivity contribution is 0.506. The van der Waals surface area contributed by atoms with Gasteiger partial charge in [-0.15, -0.1) is 24.8 Å². The van der Waals surface area contributed by atoms with E-state index in [1.807, 2.05) is 6.20 Å². The number of aromatic nitrogens is 2. The van der Waals surface area contributed by atoms with Gasteiger partial charge in [0.2, 0.25) is 0 Å². The minimum Gasteiger partial charge on any atom is -0.315 e. The number of rotatable bonds is 1. The maximum absolute atomic E-state index is 4.45. The highest BCUT2D eigenvalue weighted by Gasteiger charge is 2.18. The van der Waals surface area contributed by atoms with E-state index in [1.165, 1.54) is 17.3 Å². The minimum atomic E-state index is 0. The molecular weight excluding hydrogens is 245 g/mol. The SMILES string of the molecule is Cl.Cl.c1ccc2c(c1)cnn2C1CCNC1. The van der Waals surface area contributed by atoms with Crippen LogP contribution in [0.2, 0.25) is 0 Å². The van der Waals surface area contributed by atoms with Gasteiger partial charge in [0.25, 0.3) is 0 Å². The number of halogens is 2. The van der Waals surface area contributed by atoms with Crippen LogP contribution in [-0.4, -0.2) is 22.9 Å². The Morgan fingerprint density at radius 3 is 2.81 bits per heavy atom. The van der Waals surface area contributed by atoms with Crippen LogP contribution in [0.25, 0.3) is 10.9 Å². The molecule has 1 atom stereocenters. The average molecular weight is 260 g/mol. The standard InChI is InChI=1S/C11H13N3.2ClH/c1-2-4-11-9(3-1)7-13-14(11)10-5-6-12-8-10;;/h1-4,7,10,12H,5-6,8H2;2*1H. The highest BCUT2D eigenvalue weighted by Crippen LogP contribution is 2.21. The molecule has 2 aromatic rings. The zero-order valence-electron chi connectivity index (χ0n) is 8.80. The predicted molar refractivity (Wildman–Crippen MR) is 70.8 cm³/mol. The van der Waals surface area contributed by atoms with Gasteiger partial charge in [0.15, 0.2) is 0 Å². The summed E-state index contributed by atoms with van der Waals surface area (Å²) in [6.45, 7) is 2.16. The van der Waals surface area contributed by atoms with Gasteiger partial charge in [-0.2, -0.15) is 5.10 Å². The van der Waals surface area contributed by atoms with Crippen molar-refractivity contribution in [2.75, 3.05) is 13.1 Å². The molecule has 16 heavy (non-hydrogen) atoms. The zero-order chi connectivity index (χ0) is 9.38. The van der Waals surface area contributed by atoms with Crippen molar-refractivity contribution in [1.82, 2.24) is 15.1 Å². The number of fused-ring (bicyclic) bond motifs is 1. The average Bonchev–Trinajstić information content (AvgIpc) is 2.85. The molecule has 1 aromatic carbocycles. The van der Waals surface area contributed by atoms with E-state index in [2.05, 4.69) is 39.4 Å². The monoisotopic (exact) mass is 259 g/mol. The summed E-state index contributed by atoms with van der Waals surface area (Å²) in [5.41, 5.74) is 1.25. The molecule has 0 bridgehead atoms. The lowest BCUT2D eigenvalue weighted by Gasteiger charge is -2.09. The third kappa shape index (κ3) is 2.17. The molecule has 0 amide bonds. The van der Waals surface area contributed by atoms with E-state index in [1.54, 1.807) is 0 Å². The van der Waals surface area contributed by atoms with E-state index >= 15 is 0 Å². The molecule has 1 aliphatic rings. The molecule has 1 saturated heterocycles. The van der Waals surface area contributed by atoms with Crippen LogP contribution in [0, 0.1) is 0 Å². The molecule has 3 rings (SSSR count). The van der Waals surface area contributed by atoms with Gasteiger partial charge in [0.1, 0.15) is 0 Å². The molecule has 0 aliphatic carbocycles. The Balaban J connectivity index is 0.000000640. The molecule has 1 fully saturated rings. The summed E-state index contributed by atoms with van der Waals surface area (Å²) < 4.78 is 2.15. The van der Waals surface area contributed by atoms with Crippen molar-refractivity contribution in [3.8, 4) is 0 Å². The van der Waals surface area contributed by atoms with Crippen molar-refractivity contribution in [1.29, 1.82) is 0 Å². The molecule has 1 aromatic heterocycles. The van der Waals surface area contributed by atoms with Crippen LogP contribution in [0.4, 0.5) is 0 Å². The first-order valence-electron chi connectivity index (χ1n) is 5.08. The number of para-hydroxylation sites is 1. The molecule has 5 heteroatoms. The summed E-state index contributed by atoms with van der Waals surface area (Å²) >= 11 is 0. The van der Waals surface area contributed by atoms with Crippen molar-refractivity contribution in [2.45, 2.75) is 12.5 Å². The predicted octanol–water partition coefficient (Wildman–Crippen LogP) is 2.41. The fourth-order valence-electron chi connectivity index (χ4n) is 2.13. The van der Waals surface area contributed by atoms with Crippen molar-refractivity contribution in [3.63, 3.8) is 0 Å². The van der Waals surface area contributed by atoms with E-state index in [4.69, 9.17) is 0 Å². The van der Waals surface area contributed by atoms with Gasteiger partial charge in [-0.05, 0) is 19.0 Å². The minimum absolute atomic E-state index is 0. The molecule has 0 saturated carbocycles. The van der Waals surface area contributed by atoms with Gasteiger partial charge in [0, 0.05) is 11.9 Å². The Morgan fingerprint density at radius 1 is 1.25 bits per heavy atom. The van der Waals surface area contributed by atoms with E-state index in [0.29, 0.717) is 6.04 Å². The summed E-state index contributed by atoms with van der Waals surface area (Å²) in [5, 5.41) is 9.05. The fourth-order valence-corrected chi connectivity index (χ4v) is 2.13. The van der Waals surface area contributed by atoms with Crippen LogP contribution < -0.4 is 5.32 Å². The van der Waals surface area contributed by atoms with Gasteiger partial charge in [-0.1, -0.05) is 18.2 Å². The number of nitrogens with one attached hydrogen (secondary N) is 1. The summed E-state index contributed by atoms with van der Waals surface area (Å²) in [5.74, 6) is 0. The highest BCUT2D eigenvalue weighted by atomic mass is 35.5. The number of hydrogen-bond acceptors (Lipinski definition) is 2. The van der Waals surface area contributed by atoms with Gasteiger partial charge in [-0.3, -0.25) is 4.68 Å². The lowest BCUT2D eigenvalue weighted by Crippen LogP contribution is -2.14. The molecule has 1 unspecified atom stereocenters. The Morgan fingerprint density at radius 2 is 2.06 bits per heavy atom. The molecule has 1 N–H and O–H groups in total. The fraction of sp³-hybridized carbons (Fsp3) is 0.364. The quantitative estimate of drug-likeness (QED) is 0.853. The molecule has 2 heterocycles. The van der Waals surface area contributed by atoms with Crippen molar-refractivity contribution < 1.29 is 0 Å². The maximum atomic E-state index is 4.45. The lowest BCUT2D eigenvalue weighted by atomic mass is 10.2. The second kappa shape index (κ2) is 5.53. The number of nitrogens with zero attached hydrogens (tertiary/aromatic N) is 2. The molecule has 0 spiro atoms. The Kier molecular flexibility index (Phi) is 4.59. The van der Waals surface area contributed by atoms with Crippen LogP contribution in [0.15, 0.2) is 30.5 Å². The highest BCUT2D eigenvalue weighted by molar-refractivity contribution is 5.85. The topological polar surface area (TPSA) is 29.9 Å². The Hall–Kier alpha value is -0.770. The van der Waals surface area contributed by atoms with E-state index in [0.717, 1.165) is 13.1 Å². The smallest absolute Gasteiger partial charge is 0.0686 e. The molecule has 1 aliphatic heterocycles. The van der Waals surface area contributed by atoms with Gasteiger partial charge < -0.3 is 5.32 Å². The number of hydrogen-bond donors (Lipinski definition) is 1. The third-order valence-electron chi connectivity index (χ3n) is 2.88. The largest absolute Gasteiger partial charge is 0.315 e. The molecule has 3 nitrogen and oxygen atoms in total. The Bertz CT molecular complexity index is 449. The maximum Gasteiger partial charge on any atom is 0.0686 e. The van der Waals surface area contributed by atoms with Crippen LogP contribution in [0.1, 0.15) is 12.5 Å².